The molecular weight excluding hydrogens is 428 g/mol. The number of carbonyl (C=O) groups is 1. The van der Waals surface area contributed by atoms with Gasteiger partial charge in [0.1, 0.15) is 11.8 Å². The number of fused-ring (bicyclic) bond motifs is 1. The lowest BCUT2D eigenvalue weighted by Gasteiger charge is -2.34. The first-order valence-electron chi connectivity index (χ1n) is 11.7. The first kappa shape index (κ1) is 22.0. The zero-order valence-corrected chi connectivity index (χ0v) is 19.3. The molecular formula is C25H28N8O. The van der Waals surface area contributed by atoms with Crippen molar-refractivity contribution in [3.05, 3.63) is 53.6 Å². The van der Waals surface area contributed by atoms with Crippen molar-refractivity contribution < 1.29 is 4.79 Å². The molecule has 0 radical (unpaired) electrons. The molecule has 0 aliphatic carbocycles. The fraction of sp³-hybridized carbons (Fsp3) is 0.400. The van der Waals surface area contributed by atoms with E-state index in [1.807, 2.05) is 17.2 Å². The molecule has 2 aliphatic heterocycles. The second-order valence-electron chi connectivity index (χ2n) is 9.09. The number of rotatable bonds is 3. The number of aromatic nitrogens is 3. The maximum Gasteiger partial charge on any atom is 0.255 e. The van der Waals surface area contributed by atoms with Crippen LogP contribution in [0.5, 0.6) is 0 Å². The van der Waals surface area contributed by atoms with Gasteiger partial charge in [-0.3, -0.25) is 9.78 Å². The van der Waals surface area contributed by atoms with E-state index in [9.17, 15) is 4.79 Å². The molecule has 2 saturated heterocycles. The summed E-state index contributed by atoms with van der Waals surface area (Å²) in [6.45, 7) is 5.29. The summed E-state index contributed by atoms with van der Waals surface area (Å²) in [7, 11) is 2.15. The number of hydrogen-bond acceptors (Lipinski definition) is 8. The van der Waals surface area contributed by atoms with Crippen LogP contribution in [0.15, 0.2) is 36.8 Å². The van der Waals surface area contributed by atoms with Gasteiger partial charge < -0.3 is 20.4 Å². The number of piperazine rings is 1. The number of hydrogen-bond donors (Lipinski definition) is 1. The number of likely N-dealkylation sites (N-methyl/N-ethyl adjacent to an activating group) is 1. The lowest BCUT2D eigenvalue weighted by atomic mass is 9.92. The number of benzene rings is 1. The highest BCUT2D eigenvalue weighted by atomic mass is 16.2. The van der Waals surface area contributed by atoms with Gasteiger partial charge >= 0.3 is 0 Å². The molecule has 34 heavy (non-hydrogen) atoms. The van der Waals surface area contributed by atoms with Crippen molar-refractivity contribution in [3.63, 3.8) is 0 Å². The lowest BCUT2D eigenvalue weighted by molar-refractivity contribution is 0.0713. The second kappa shape index (κ2) is 9.23. The lowest BCUT2D eigenvalue weighted by Crippen LogP contribution is -2.44. The Balaban J connectivity index is 1.30. The summed E-state index contributed by atoms with van der Waals surface area (Å²) in [6.07, 6.45) is 5.17. The van der Waals surface area contributed by atoms with Crippen LogP contribution in [0, 0.1) is 11.3 Å². The van der Waals surface area contributed by atoms with Gasteiger partial charge in [-0.1, -0.05) is 0 Å². The summed E-state index contributed by atoms with van der Waals surface area (Å²) in [6, 6.07) is 8.99. The topological polar surface area (TPSA) is 115 Å². The van der Waals surface area contributed by atoms with E-state index in [1.54, 1.807) is 24.5 Å². The van der Waals surface area contributed by atoms with E-state index in [4.69, 9.17) is 16.0 Å². The highest BCUT2D eigenvalue weighted by Gasteiger charge is 2.28. The zero-order valence-electron chi connectivity index (χ0n) is 19.3. The standard InChI is InChI=1S/C25H28N8O/c1-31-8-10-32(11-9-31)19-13-22-24(28-15-19)23(30-16-29-22)18-4-6-33(7-5-18)25(34)20-3-2-17(14-26)12-21(20)27/h2-3,12-13,15-16,18H,4-11,27H2,1H3. The van der Waals surface area contributed by atoms with Gasteiger partial charge in [-0.15, -0.1) is 0 Å². The number of piperidine rings is 1. The van der Waals surface area contributed by atoms with Crippen molar-refractivity contribution in [2.24, 2.45) is 0 Å². The van der Waals surface area contributed by atoms with Gasteiger partial charge in [0.05, 0.1) is 40.3 Å². The van der Waals surface area contributed by atoms with Crippen molar-refractivity contribution in [2.75, 3.05) is 56.9 Å². The normalized spacial score (nSPS) is 17.6. The number of anilines is 2. The average Bonchev–Trinajstić information content (AvgIpc) is 2.88. The molecule has 1 amide bonds. The van der Waals surface area contributed by atoms with E-state index >= 15 is 0 Å². The molecule has 9 nitrogen and oxygen atoms in total. The van der Waals surface area contributed by atoms with Gasteiger partial charge in [-0.05, 0) is 44.2 Å². The maximum absolute atomic E-state index is 13.0. The summed E-state index contributed by atoms with van der Waals surface area (Å²) >= 11 is 0. The Bertz CT molecular complexity index is 1250. The van der Waals surface area contributed by atoms with E-state index < -0.39 is 0 Å². The SMILES string of the molecule is CN1CCN(c2cnc3c(C4CCN(C(=O)c5ccc(C#N)cc5N)CC4)ncnc3c2)CC1. The molecule has 0 bridgehead atoms. The summed E-state index contributed by atoms with van der Waals surface area (Å²) in [4.78, 5) is 33.4. The van der Waals surface area contributed by atoms with Crippen LogP contribution in [0.1, 0.15) is 40.4 Å². The van der Waals surface area contributed by atoms with Crippen LogP contribution in [-0.4, -0.2) is 77.0 Å². The predicted molar refractivity (Wildman–Crippen MR) is 130 cm³/mol. The predicted octanol–water partition coefficient (Wildman–Crippen LogP) is 2.25. The minimum atomic E-state index is -0.0945. The molecule has 0 spiro atoms. The van der Waals surface area contributed by atoms with Crippen molar-refractivity contribution >= 4 is 28.3 Å². The van der Waals surface area contributed by atoms with Crippen LogP contribution in [0.25, 0.3) is 11.0 Å². The third-order valence-electron chi connectivity index (χ3n) is 6.94. The van der Waals surface area contributed by atoms with Crippen LogP contribution in [0.4, 0.5) is 11.4 Å². The minimum absolute atomic E-state index is 0.0945. The highest BCUT2D eigenvalue weighted by molar-refractivity contribution is 5.99. The monoisotopic (exact) mass is 456 g/mol. The molecule has 2 aliphatic rings. The van der Waals surface area contributed by atoms with Gasteiger partial charge in [0.2, 0.25) is 0 Å². The van der Waals surface area contributed by atoms with Crippen LogP contribution in [0.2, 0.25) is 0 Å². The number of pyridine rings is 1. The number of amides is 1. The molecule has 2 aromatic heterocycles. The van der Waals surface area contributed by atoms with E-state index in [-0.39, 0.29) is 11.8 Å². The number of nitrogens with zero attached hydrogens (tertiary/aromatic N) is 7. The third-order valence-corrected chi connectivity index (χ3v) is 6.94. The molecule has 174 valence electrons. The van der Waals surface area contributed by atoms with Gasteiger partial charge in [0.25, 0.3) is 5.91 Å². The maximum atomic E-state index is 13.0. The van der Waals surface area contributed by atoms with E-state index in [0.717, 1.165) is 61.4 Å². The van der Waals surface area contributed by atoms with E-state index in [1.165, 1.54) is 0 Å². The Hall–Kier alpha value is -3.77. The Morgan fingerprint density at radius 3 is 2.53 bits per heavy atom. The first-order valence-corrected chi connectivity index (χ1v) is 11.7. The summed E-state index contributed by atoms with van der Waals surface area (Å²) < 4.78 is 0. The van der Waals surface area contributed by atoms with Crippen molar-refractivity contribution in [3.8, 4) is 6.07 Å². The van der Waals surface area contributed by atoms with Crippen LogP contribution in [-0.2, 0) is 0 Å². The Morgan fingerprint density at radius 2 is 1.82 bits per heavy atom. The Labute approximate surface area is 198 Å². The number of nitriles is 1. The van der Waals surface area contributed by atoms with Crippen LogP contribution in [0.3, 0.4) is 0 Å². The van der Waals surface area contributed by atoms with Gasteiger partial charge in [0, 0.05) is 50.9 Å². The highest BCUT2D eigenvalue weighted by Crippen LogP contribution is 2.32. The van der Waals surface area contributed by atoms with Crippen LogP contribution >= 0.6 is 0 Å². The fourth-order valence-corrected chi connectivity index (χ4v) is 4.84. The molecule has 0 atom stereocenters. The molecule has 3 aromatic rings. The largest absolute Gasteiger partial charge is 0.398 e. The molecule has 9 heteroatoms. The Kier molecular flexibility index (Phi) is 5.99. The fourth-order valence-electron chi connectivity index (χ4n) is 4.84. The van der Waals surface area contributed by atoms with Crippen molar-refractivity contribution in [2.45, 2.75) is 18.8 Å². The zero-order chi connectivity index (χ0) is 23.7. The number of carbonyl (C=O) groups excluding carboxylic acids is 1. The Morgan fingerprint density at radius 1 is 1.06 bits per heavy atom. The minimum Gasteiger partial charge on any atom is -0.398 e. The smallest absolute Gasteiger partial charge is 0.255 e. The van der Waals surface area contributed by atoms with Gasteiger partial charge in [0.15, 0.2) is 0 Å². The third kappa shape index (κ3) is 4.24. The summed E-state index contributed by atoms with van der Waals surface area (Å²) in [5.74, 6) is 0.123. The summed E-state index contributed by atoms with van der Waals surface area (Å²) in [5, 5.41) is 9.02. The molecule has 1 aromatic carbocycles. The van der Waals surface area contributed by atoms with E-state index in [0.29, 0.717) is 29.9 Å². The van der Waals surface area contributed by atoms with Crippen molar-refractivity contribution in [1.82, 2.24) is 24.8 Å². The first-order chi connectivity index (χ1) is 16.5. The molecule has 4 heterocycles. The summed E-state index contributed by atoms with van der Waals surface area (Å²) in [5.41, 5.74) is 11.0. The molecule has 0 saturated carbocycles. The van der Waals surface area contributed by atoms with Gasteiger partial charge in [-0.25, -0.2) is 9.97 Å². The second-order valence-corrected chi connectivity index (χ2v) is 9.09. The molecule has 0 unspecified atom stereocenters. The van der Waals surface area contributed by atoms with Crippen LogP contribution < -0.4 is 10.6 Å². The number of nitrogen functional groups attached to an aromatic ring is 1. The van der Waals surface area contributed by atoms with E-state index in [2.05, 4.69) is 32.9 Å². The van der Waals surface area contributed by atoms with Gasteiger partial charge in [-0.2, -0.15) is 5.26 Å². The van der Waals surface area contributed by atoms with Crippen molar-refractivity contribution in [1.29, 1.82) is 5.26 Å². The molecule has 2 fully saturated rings. The molecule has 2 N–H and O–H groups in total. The number of nitrogens with two attached hydrogens (primary N) is 1. The number of likely N-dealkylation sites (tertiary alicyclic amines) is 1. The average molecular weight is 457 g/mol. The quantitative estimate of drug-likeness (QED) is 0.597. The molecule has 5 rings (SSSR count).